The minimum absolute atomic E-state index is 0.129. The molecule has 0 bridgehead atoms. The van der Waals surface area contributed by atoms with Crippen LogP contribution in [0.5, 0.6) is 0 Å². The van der Waals surface area contributed by atoms with Gasteiger partial charge in [-0.05, 0) is 43.0 Å². The van der Waals surface area contributed by atoms with Gasteiger partial charge in [0, 0.05) is 43.6 Å². The average molecular weight is 412 g/mol. The molecule has 8 heteroatoms. The van der Waals surface area contributed by atoms with E-state index in [4.69, 9.17) is 4.74 Å². The fraction of sp³-hybridized carbons (Fsp3) is 0.591. The molecule has 4 aliphatic heterocycles. The molecule has 0 radical (unpaired) electrons. The van der Waals surface area contributed by atoms with Gasteiger partial charge in [-0.1, -0.05) is 12.1 Å². The first kappa shape index (κ1) is 19.7. The second-order valence-corrected chi connectivity index (χ2v) is 9.09. The highest BCUT2D eigenvalue weighted by molar-refractivity contribution is 6.05. The van der Waals surface area contributed by atoms with Gasteiger partial charge in [-0.25, -0.2) is 0 Å². The molecule has 0 saturated carbocycles. The number of rotatable bonds is 5. The Morgan fingerprint density at radius 2 is 2.17 bits per heavy atom. The summed E-state index contributed by atoms with van der Waals surface area (Å²) in [5, 5.41) is 9.25. The van der Waals surface area contributed by atoms with E-state index in [1.165, 1.54) is 6.42 Å². The lowest BCUT2D eigenvalue weighted by Gasteiger charge is -2.29. The van der Waals surface area contributed by atoms with Gasteiger partial charge in [-0.2, -0.15) is 0 Å². The first-order valence-electron chi connectivity index (χ1n) is 10.8. The Hall–Kier alpha value is -2.29. The van der Waals surface area contributed by atoms with Gasteiger partial charge in [-0.3, -0.25) is 19.7 Å². The SMILES string of the molecule is O=C1CCC(N2Cc3ccc(CNCC4CC5(CCNC5)CO4)cc3C2=O)C(=O)N1. The van der Waals surface area contributed by atoms with E-state index in [0.29, 0.717) is 30.5 Å². The Balaban J connectivity index is 1.17. The highest BCUT2D eigenvalue weighted by Gasteiger charge is 2.42. The van der Waals surface area contributed by atoms with Gasteiger partial charge in [0.15, 0.2) is 0 Å². The normalized spacial score (nSPS) is 30.9. The van der Waals surface area contributed by atoms with Crippen LogP contribution >= 0.6 is 0 Å². The molecule has 1 aromatic carbocycles. The van der Waals surface area contributed by atoms with Crippen molar-refractivity contribution in [1.29, 1.82) is 0 Å². The number of nitrogens with zero attached hydrogens (tertiary/aromatic N) is 1. The van der Waals surface area contributed by atoms with E-state index in [1.54, 1.807) is 4.90 Å². The van der Waals surface area contributed by atoms with E-state index < -0.39 is 6.04 Å². The molecule has 30 heavy (non-hydrogen) atoms. The second-order valence-electron chi connectivity index (χ2n) is 9.09. The van der Waals surface area contributed by atoms with Gasteiger partial charge >= 0.3 is 0 Å². The van der Waals surface area contributed by atoms with Crippen molar-refractivity contribution in [3.63, 3.8) is 0 Å². The van der Waals surface area contributed by atoms with Crippen LogP contribution in [0.2, 0.25) is 0 Å². The molecule has 3 saturated heterocycles. The largest absolute Gasteiger partial charge is 0.376 e. The summed E-state index contributed by atoms with van der Waals surface area (Å²) >= 11 is 0. The number of fused-ring (bicyclic) bond motifs is 1. The van der Waals surface area contributed by atoms with E-state index in [2.05, 4.69) is 16.0 Å². The topological polar surface area (TPSA) is 99.8 Å². The molecule has 8 nitrogen and oxygen atoms in total. The zero-order valence-electron chi connectivity index (χ0n) is 17.0. The summed E-state index contributed by atoms with van der Waals surface area (Å²) in [6, 6.07) is 5.36. The molecule has 5 rings (SSSR count). The Labute approximate surface area is 175 Å². The number of carbonyl (C=O) groups excluding carboxylic acids is 3. The van der Waals surface area contributed by atoms with Gasteiger partial charge in [0.2, 0.25) is 11.8 Å². The van der Waals surface area contributed by atoms with Crippen LogP contribution in [0.25, 0.3) is 0 Å². The lowest BCUT2D eigenvalue weighted by atomic mass is 9.85. The smallest absolute Gasteiger partial charge is 0.255 e. The summed E-state index contributed by atoms with van der Waals surface area (Å²) in [4.78, 5) is 38.1. The van der Waals surface area contributed by atoms with E-state index in [9.17, 15) is 14.4 Å². The Morgan fingerprint density at radius 1 is 1.27 bits per heavy atom. The quantitative estimate of drug-likeness (QED) is 0.602. The van der Waals surface area contributed by atoms with Gasteiger partial charge in [0.05, 0.1) is 12.7 Å². The standard InChI is InChI=1S/C22H28N4O4/c27-19-4-3-18(20(28)25-19)26-11-15-2-1-14(7-17(15)21(26)29)9-24-10-16-8-22(13-30-16)5-6-23-12-22/h1-2,7,16,18,23-24H,3-6,8-13H2,(H,25,27,28). The number of hydrogen-bond donors (Lipinski definition) is 3. The molecule has 0 aliphatic carbocycles. The average Bonchev–Trinajstić information content (AvgIpc) is 3.43. The van der Waals surface area contributed by atoms with Gasteiger partial charge < -0.3 is 20.3 Å². The molecule has 1 aromatic rings. The van der Waals surface area contributed by atoms with Crippen LogP contribution in [0, 0.1) is 5.41 Å². The van der Waals surface area contributed by atoms with Gasteiger partial charge in [0.25, 0.3) is 5.91 Å². The van der Waals surface area contributed by atoms with Crippen LogP contribution in [0.1, 0.15) is 47.2 Å². The van der Waals surface area contributed by atoms with Crippen molar-refractivity contribution in [2.45, 2.75) is 50.9 Å². The summed E-state index contributed by atoms with van der Waals surface area (Å²) in [6.07, 6.45) is 3.18. The molecule has 3 amide bonds. The van der Waals surface area contributed by atoms with Crippen LogP contribution in [0.15, 0.2) is 18.2 Å². The molecular weight excluding hydrogens is 384 g/mol. The van der Waals surface area contributed by atoms with Crippen molar-refractivity contribution >= 4 is 17.7 Å². The van der Waals surface area contributed by atoms with Crippen molar-refractivity contribution < 1.29 is 19.1 Å². The molecule has 1 spiro atoms. The summed E-state index contributed by atoms with van der Waals surface area (Å²) in [7, 11) is 0. The number of carbonyl (C=O) groups is 3. The number of nitrogens with one attached hydrogen (secondary N) is 3. The molecule has 4 heterocycles. The fourth-order valence-electron chi connectivity index (χ4n) is 5.21. The number of hydrogen-bond acceptors (Lipinski definition) is 6. The molecule has 3 atom stereocenters. The maximum atomic E-state index is 12.9. The maximum absolute atomic E-state index is 12.9. The lowest BCUT2D eigenvalue weighted by molar-refractivity contribution is -0.136. The van der Waals surface area contributed by atoms with Gasteiger partial charge in [0.1, 0.15) is 6.04 Å². The minimum atomic E-state index is -0.568. The molecule has 0 aromatic heterocycles. The molecular formula is C22H28N4O4. The van der Waals surface area contributed by atoms with Crippen molar-refractivity contribution in [3.8, 4) is 0 Å². The van der Waals surface area contributed by atoms with Gasteiger partial charge in [-0.15, -0.1) is 0 Å². The van der Waals surface area contributed by atoms with Crippen molar-refractivity contribution in [1.82, 2.24) is 20.9 Å². The van der Waals surface area contributed by atoms with E-state index in [-0.39, 0.29) is 30.2 Å². The van der Waals surface area contributed by atoms with E-state index in [1.807, 2.05) is 18.2 Å². The monoisotopic (exact) mass is 412 g/mol. The maximum Gasteiger partial charge on any atom is 0.255 e. The van der Waals surface area contributed by atoms with Crippen LogP contribution < -0.4 is 16.0 Å². The summed E-state index contributed by atoms with van der Waals surface area (Å²) in [6.45, 7) is 4.87. The van der Waals surface area contributed by atoms with Crippen LogP contribution in [-0.4, -0.2) is 61.0 Å². The number of piperidine rings is 1. The Bertz CT molecular complexity index is 880. The molecule has 3 fully saturated rings. The summed E-state index contributed by atoms with van der Waals surface area (Å²) < 4.78 is 5.99. The number of imide groups is 1. The van der Waals surface area contributed by atoms with E-state index in [0.717, 1.165) is 43.8 Å². The first-order valence-corrected chi connectivity index (χ1v) is 10.8. The third-order valence-electron chi connectivity index (χ3n) is 6.91. The lowest BCUT2D eigenvalue weighted by Crippen LogP contribution is -2.52. The molecule has 160 valence electrons. The van der Waals surface area contributed by atoms with Crippen molar-refractivity contribution in [2.24, 2.45) is 5.41 Å². The Kier molecular flexibility index (Phi) is 5.08. The van der Waals surface area contributed by atoms with E-state index >= 15 is 0 Å². The molecule has 3 N–H and O–H groups in total. The fourth-order valence-corrected chi connectivity index (χ4v) is 5.21. The van der Waals surface area contributed by atoms with Crippen molar-refractivity contribution in [2.75, 3.05) is 26.2 Å². The molecule has 3 unspecified atom stereocenters. The van der Waals surface area contributed by atoms with Crippen molar-refractivity contribution in [3.05, 3.63) is 34.9 Å². The number of ether oxygens (including phenoxy) is 1. The second kappa shape index (κ2) is 7.76. The summed E-state index contributed by atoms with van der Waals surface area (Å²) in [5.41, 5.74) is 2.96. The predicted octanol–water partition coefficient (Wildman–Crippen LogP) is 0.306. The van der Waals surface area contributed by atoms with Crippen LogP contribution in [0.3, 0.4) is 0 Å². The zero-order valence-corrected chi connectivity index (χ0v) is 17.0. The van der Waals surface area contributed by atoms with Crippen LogP contribution in [-0.2, 0) is 27.4 Å². The zero-order chi connectivity index (χ0) is 20.7. The minimum Gasteiger partial charge on any atom is -0.376 e. The highest BCUT2D eigenvalue weighted by atomic mass is 16.5. The Morgan fingerprint density at radius 3 is 2.97 bits per heavy atom. The molecule has 4 aliphatic rings. The third kappa shape index (κ3) is 3.64. The summed E-state index contributed by atoms with van der Waals surface area (Å²) in [5.74, 6) is -0.771. The number of benzene rings is 1. The van der Waals surface area contributed by atoms with Crippen LogP contribution in [0.4, 0.5) is 0 Å². The third-order valence-corrected chi connectivity index (χ3v) is 6.91. The predicted molar refractivity (Wildman–Crippen MR) is 108 cm³/mol. The number of amides is 3. The first-order chi connectivity index (χ1) is 14.5. The highest BCUT2D eigenvalue weighted by Crippen LogP contribution is 2.37.